The van der Waals surface area contributed by atoms with Crippen LogP contribution >= 0.6 is 7.82 Å². The lowest BCUT2D eigenvalue weighted by molar-refractivity contribution is -0.926. The number of nitrogens with zero attached hydrogens (tertiary/aromatic N) is 1. The maximum absolute atomic E-state index is 10.9. The van der Waals surface area contributed by atoms with Crippen LogP contribution in [0.2, 0.25) is 0 Å². The van der Waals surface area contributed by atoms with Gasteiger partial charge in [-0.2, -0.15) is 0 Å². The van der Waals surface area contributed by atoms with E-state index in [4.69, 9.17) is 14.3 Å². The number of unbranched alkanes of at least 4 members (excludes halogenated alkanes) is 13. The van der Waals surface area contributed by atoms with Gasteiger partial charge in [0.15, 0.2) is 0 Å². The van der Waals surface area contributed by atoms with Crippen LogP contribution in [0.4, 0.5) is 0 Å². The molecule has 0 aliphatic heterocycles. The summed E-state index contributed by atoms with van der Waals surface area (Å²) < 4.78 is 16.5. The van der Waals surface area contributed by atoms with Crippen LogP contribution in [0, 0.1) is 0 Å². The fourth-order valence-corrected chi connectivity index (χ4v) is 4.60. The van der Waals surface area contributed by atoms with E-state index in [9.17, 15) is 4.57 Å². The summed E-state index contributed by atoms with van der Waals surface area (Å²) in [4.78, 5) is 17.8. The van der Waals surface area contributed by atoms with E-state index in [1.807, 2.05) is 0 Å². The summed E-state index contributed by atoms with van der Waals surface area (Å²) in [5, 5.41) is 0. The van der Waals surface area contributed by atoms with Crippen LogP contribution in [0.1, 0.15) is 117 Å². The Morgan fingerprint density at radius 2 is 1.07 bits per heavy atom. The standard InChI is InChI=1S/C23H50NO4P/c1-4-7-8-9-10-11-12-13-14-15-16-17-18-19-21-24(6-3,20-5-2)22-23-28-29(25,26)27/h4-23H2,1-3H3,(H-,25,26,27)/p+1. The van der Waals surface area contributed by atoms with Gasteiger partial charge in [0.25, 0.3) is 0 Å². The van der Waals surface area contributed by atoms with Crippen LogP contribution < -0.4 is 0 Å². The zero-order valence-corrected chi connectivity index (χ0v) is 20.6. The van der Waals surface area contributed by atoms with Crippen LogP contribution in [0.25, 0.3) is 0 Å². The Bertz CT molecular complexity index is 402. The van der Waals surface area contributed by atoms with Gasteiger partial charge in [0, 0.05) is 0 Å². The van der Waals surface area contributed by atoms with Crippen molar-refractivity contribution in [3.63, 3.8) is 0 Å². The van der Waals surface area contributed by atoms with Crippen molar-refractivity contribution < 1.29 is 23.4 Å². The van der Waals surface area contributed by atoms with Gasteiger partial charge in [-0.25, -0.2) is 4.57 Å². The number of hydrogen-bond donors (Lipinski definition) is 2. The summed E-state index contributed by atoms with van der Waals surface area (Å²) in [6.07, 6.45) is 20.2. The Kier molecular flexibility index (Phi) is 18.9. The molecule has 0 aromatic rings. The molecule has 0 saturated carbocycles. The highest BCUT2D eigenvalue weighted by atomic mass is 31.2. The molecule has 176 valence electrons. The molecular weight excluding hydrogens is 385 g/mol. The Hall–Kier alpha value is 0.0700. The minimum absolute atomic E-state index is 0.136. The fourth-order valence-electron chi connectivity index (χ4n) is 4.28. The van der Waals surface area contributed by atoms with E-state index in [0.29, 0.717) is 6.54 Å². The highest BCUT2D eigenvalue weighted by molar-refractivity contribution is 7.46. The zero-order chi connectivity index (χ0) is 21.8. The molecule has 0 radical (unpaired) electrons. The molecule has 0 aliphatic rings. The fraction of sp³-hybridized carbons (Fsp3) is 1.00. The minimum Gasteiger partial charge on any atom is -0.322 e. The van der Waals surface area contributed by atoms with E-state index in [1.165, 1.54) is 89.9 Å². The van der Waals surface area contributed by atoms with Gasteiger partial charge in [-0.1, -0.05) is 90.9 Å². The van der Waals surface area contributed by atoms with Gasteiger partial charge < -0.3 is 14.3 Å². The van der Waals surface area contributed by atoms with Crippen LogP contribution in [0.15, 0.2) is 0 Å². The van der Waals surface area contributed by atoms with Crippen molar-refractivity contribution in [3.8, 4) is 0 Å². The lowest BCUT2D eigenvalue weighted by atomic mass is 10.0. The molecule has 0 saturated heterocycles. The quantitative estimate of drug-likeness (QED) is 0.111. The first-order valence-electron chi connectivity index (χ1n) is 12.4. The summed E-state index contributed by atoms with van der Waals surface area (Å²) in [7, 11) is -4.35. The van der Waals surface area contributed by atoms with Crippen molar-refractivity contribution >= 4 is 7.82 Å². The Labute approximate surface area is 181 Å². The molecule has 1 atom stereocenters. The molecule has 0 aliphatic carbocycles. The molecule has 0 heterocycles. The second-order valence-electron chi connectivity index (χ2n) is 8.75. The van der Waals surface area contributed by atoms with E-state index in [1.54, 1.807) is 0 Å². The van der Waals surface area contributed by atoms with Crippen molar-refractivity contribution in [2.75, 3.05) is 32.8 Å². The van der Waals surface area contributed by atoms with E-state index in [2.05, 4.69) is 20.8 Å². The summed E-state index contributed by atoms with van der Waals surface area (Å²) in [6, 6.07) is 0. The molecule has 5 nitrogen and oxygen atoms in total. The van der Waals surface area contributed by atoms with Crippen molar-refractivity contribution in [1.29, 1.82) is 0 Å². The van der Waals surface area contributed by atoms with Gasteiger partial charge in [0.1, 0.15) is 13.2 Å². The maximum Gasteiger partial charge on any atom is 0.469 e. The molecule has 2 N–H and O–H groups in total. The number of phosphoric acid groups is 1. The van der Waals surface area contributed by atoms with E-state index in [-0.39, 0.29) is 6.61 Å². The number of hydrogen-bond acceptors (Lipinski definition) is 2. The summed E-state index contributed by atoms with van der Waals surface area (Å²) >= 11 is 0. The van der Waals surface area contributed by atoms with Crippen molar-refractivity contribution in [1.82, 2.24) is 0 Å². The molecular formula is C23H51NO4P+. The smallest absolute Gasteiger partial charge is 0.322 e. The van der Waals surface area contributed by atoms with Gasteiger partial charge in [-0.05, 0) is 26.2 Å². The third kappa shape index (κ3) is 18.5. The number of quaternary nitrogens is 1. The molecule has 0 amide bonds. The van der Waals surface area contributed by atoms with Gasteiger partial charge in [0.2, 0.25) is 0 Å². The van der Waals surface area contributed by atoms with Crippen LogP contribution in [0.3, 0.4) is 0 Å². The second kappa shape index (κ2) is 18.8. The molecule has 0 aromatic carbocycles. The highest BCUT2D eigenvalue weighted by Crippen LogP contribution is 2.35. The molecule has 0 bridgehead atoms. The summed E-state index contributed by atoms with van der Waals surface area (Å²) in [5.74, 6) is 0. The van der Waals surface area contributed by atoms with Crippen LogP contribution in [0.5, 0.6) is 0 Å². The van der Waals surface area contributed by atoms with Gasteiger partial charge >= 0.3 is 7.82 Å². The normalized spacial score (nSPS) is 14.2. The monoisotopic (exact) mass is 436 g/mol. The van der Waals surface area contributed by atoms with E-state index >= 15 is 0 Å². The topological polar surface area (TPSA) is 66.8 Å². The molecule has 0 rings (SSSR count). The summed E-state index contributed by atoms with van der Waals surface area (Å²) in [5.41, 5.74) is 0. The first-order valence-corrected chi connectivity index (χ1v) is 14.0. The first kappa shape index (κ1) is 29.1. The number of likely N-dealkylation sites (N-methyl/N-ethyl adjacent to an activating group) is 1. The number of phosphoric ester groups is 1. The predicted octanol–water partition coefficient (Wildman–Crippen LogP) is 6.82. The van der Waals surface area contributed by atoms with Gasteiger partial charge in [-0.15, -0.1) is 0 Å². The Morgan fingerprint density at radius 1 is 0.621 bits per heavy atom. The Balaban J connectivity index is 3.73. The van der Waals surface area contributed by atoms with Crippen molar-refractivity contribution in [2.24, 2.45) is 0 Å². The average molecular weight is 437 g/mol. The van der Waals surface area contributed by atoms with Crippen LogP contribution in [-0.2, 0) is 9.09 Å². The van der Waals surface area contributed by atoms with E-state index < -0.39 is 7.82 Å². The Morgan fingerprint density at radius 3 is 1.45 bits per heavy atom. The van der Waals surface area contributed by atoms with Gasteiger partial charge in [0.05, 0.1) is 19.6 Å². The second-order valence-corrected chi connectivity index (χ2v) is 9.99. The molecule has 0 fully saturated rings. The predicted molar refractivity (Wildman–Crippen MR) is 124 cm³/mol. The third-order valence-electron chi connectivity index (χ3n) is 6.18. The van der Waals surface area contributed by atoms with Crippen LogP contribution in [-0.4, -0.2) is 47.1 Å². The zero-order valence-electron chi connectivity index (χ0n) is 19.7. The summed E-state index contributed by atoms with van der Waals surface area (Å²) in [6.45, 7) is 10.6. The van der Waals surface area contributed by atoms with Crippen molar-refractivity contribution in [3.05, 3.63) is 0 Å². The highest BCUT2D eigenvalue weighted by Gasteiger charge is 2.25. The van der Waals surface area contributed by atoms with E-state index in [0.717, 1.165) is 30.5 Å². The largest absolute Gasteiger partial charge is 0.469 e. The van der Waals surface area contributed by atoms with Gasteiger partial charge in [-0.3, -0.25) is 4.52 Å². The average Bonchev–Trinajstić information content (AvgIpc) is 2.67. The molecule has 0 aromatic heterocycles. The SMILES string of the molecule is CCCCCCCCCCCCCCCC[N+](CC)(CCC)CCOP(=O)(O)O. The first-order chi connectivity index (χ1) is 13.9. The maximum atomic E-state index is 10.9. The number of rotatable bonds is 22. The molecule has 29 heavy (non-hydrogen) atoms. The van der Waals surface area contributed by atoms with Crippen molar-refractivity contribution in [2.45, 2.75) is 117 Å². The minimum atomic E-state index is -4.35. The third-order valence-corrected chi connectivity index (χ3v) is 6.70. The lowest BCUT2D eigenvalue weighted by Gasteiger charge is -2.37. The lowest BCUT2D eigenvalue weighted by Crippen LogP contribution is -2.51. The molecule has 0 spiro atoms. The molecule has 6 heteroatoms. The molecule has 1 unspecified atom stereocenters.